The van der Waals surface area contributed by atoms with Gasteiger partial charge in [0.15, 0.2) is 0 Å². The predicted octanol–water partition coefficient (Wildman–Crippen LogP) is 3.86. The zero-order chi connectivity index (χ0) is 7.66. The predicted molar refractivity (Wildman–Crippen MR) is 53.1 cm³/mol. The van der Waals surface area contributed by atoms with Gasteiger partial charge in [-0.05, 0) is 25.7 Å². The highest BCUT2D eigenvalue weighted by Crippen LogP contribution is 2.05. The molecule has 0 saturated carbocycles. The molecule has 0 heterocycles. The lowest BCUT2D eigenvalue weighted by atomic mass is 10.1. The molecule has 0 fully saturated rings. The van der Waals surface area contributed by atoms with Crippen LogP contribution < -0.4 is 6.15 Å². The van der Waals surface area contributed by atoms with E-state index in [9.17, 15) is 0 Å². The van der Waals surface area contributed by atoms with E-state index in [0.29, 0.717) is 0 Å². The van der Waals surface area contributed by atoms with Gasteiger partial charge < -0.3 is 6.15 Å². The first-order chi connectivity index (χ1) is 4.91. The third kappa shape index (κ3) is 12.6. The molecule has 0 aliphatic rings. The van der Waals surface area contributed by atoms with Gasteiger partial charge in [-0.15, -0.1) is 13.2 Å². The number of hydrogen-bond donors (Lipinski definition) is 1. The molecule has 0 aromatic rings. The van der Waals surface area contributed by atoms with E-state index in [0.717, 1.165) is 0 Å². The van der Waals surface area contributed by atoms with E-state index in [2.05, 4.69) is 13.2 Å². The van der Waals surface area contributed by atoms with Gasteiger partial charge in [0, 0.05) is 0 Å². The van der Waals surface area contributed by atoms with Crippen LogP contribution >= 0.6 is 0 Å². The van der Waals surface area contributed by atoms with E-state index in [-0.39, 0.29) is 6.15 Å². The van der Waals surface area contributed by atoms with Crippen molar-refractivity contribution in [2.45, 2.75) is 38.5 Å². The highest BCUT2D eigenvalue weighted by Gasteiger charge is 1.85. The summed E-state index contributed by atoms with van der Waals surface area (Å²) in [7, 11) is 0. The van der Waals surface area contributed by atoms with E-state index in [1.165, 1.54) is 38.5 Å². The average Bonchev–Trinajstić information content (AvgIpc) is 1.97. The normalized spacial score (nSPS) is 8.36. The summed E-state index contributed by atoms with van der Waals surface area (Å²) >= 11 is 0. The van der Waals surface area contributed by atoms with Gasteiger partial charge in [-0.3, -0.25) is 0 Å². The Labute approximate surface area is 70.8 Å². The van der Waals surface area contributed by atoms with Gasteiger partial charge in [0.05, 0.1) is 0 Å². The van der Waals surface area contributed by atoms with Crippen LogP contribution in [0.5, 0.6) is 0 Å². The van der Waals surface area contributed by atoms with Crippen molar-refractivity contribution in [2.24, 2.45) is 0 Å². The number of rotatable bonds is 7. The van der Waals surface area contributed by atoms with Gasteiger partial charge in [0.1, 0.15) is 0 Å². The van der Waals surface area contributed by atoms with Crippen LogP contribution in [-0.4, -0.2) is 0 Å². The molecule has 0 aromatic carbocycles. The third-order valence-corrected chi connectivity index (χ3v) is 1.57. The second-order valence-electron chi connectivity index (χ2n) is 2.57. The first-order valence-corrected chi connectivity index (χ1v) is 4.13. The SMILES string of the molecule is C=CCCCCCCC=C.N. The maximum atomic E-state index is 3.68. The van der Waals surface area contributed by atoms with Crippen molar-refractivity contribution in [3.05, 3.63) is 25.3 Å². The van der Waals surface area contributed by atoms with E-state index in [4.69, 9.17) is 0 Å². The van der Waals surface area contributed by atoms with Gasteiger partial charge in [-0.25, -0.2) is 0 Å². The first-order valence-electron chi connectivity index (χ1n) is 4.13. The molecule has 66 valence electrons. The molecule has 0 spiro atoms. The average molecular weight is 155 g/mol. The van der Waals surface area contributed by atoms with Crippen molar-refractivity contribution in [1.29, 1.82) is 0 Å². The Morgan fingerprint density at radius 1 is 0.727 bits per heavy atom. The van der Waals surface area contributed by atoms with E-state index in [1.54, 1.807) is 0 Å². The molecular formula is C10H21N. The van der Waals surface area contributed by atoms with Gasteiger partial charge in [-0.1, -0.05) is 25.0 Å². The zero-order valence-electron chi connectivity index (χ0n) is 7.52. The largest absolute Gasteiger partial charge is 0.344 e. The molecule has 0 atom stereocenters. The Morgan fingerprint density at radius 3 is 1.36 bits per heavy atom. The monoisotopic (exact) mass is 155 g/mol. The van der Waals surface area contributed by atoms with Gasteiger partial charge in [0.2, 0.25) is 0 Å². The maximum absolute atomic E-state index is 3.68. The standard InChI is InChI=1S/C10H18.H3N/c1-3-5-7-9-10-8-6-4-2;/h3-4H,1-2,5-10H2;1H3. The summed E-state index contributed by atoms with van der Waals surface area (Å²) < 4.78 is 0. The molecule has 11 heavy (non-hydrogen) atoms. The lowest BCUT2D eigenvalue weighted by Crippen LogP contribution is -1.75. The topological polar surface area (TPSA) is 35.0 Å². The lowest BCUT2D eigenvalue weighted by Gasteiger charge is -1.95. The molecule has 1 heteroatoms. The van der Waals surface area contributed by atoms with Crippen molar-refractivity contribution in [3.8, 4) is 0 Å². The lowest BCUT2D eigenvalue weighted by molar-refractivity contribution is 0.653. The molecule has 0 saturated heterocycles. The van der Waals surface area contributed by atoms with Crippen LogP contribution in [0, 0.1) is 0 Å². The molecule has 0 unspecified atom stereocenters. The minimum atomic E-state index is 0. The molecule has 0 aromatic heterocycles. The van der Waals surface area contributed by atoms with Crippen LogP contribution in [0.4, 0.5) is 0 Å². The molecule has 0 aliphatic carbocycles. The van der Waals surface area contributed by atoms with Crippen molar-refractivity contribution < 1.29 is 0 Å². The fourth-order valence-electron chi connectivity index (χ4n) is 0.931. The minimum absolute atomic E-state index is 0. The molecule has 0 bridgehead atoms. The van der Waals surface area contributed by atoms with Gasteiger partial charge in [-0.2, -0.15) is 0 Å². The summed E-state index contributed by atoms with van der Waals surface area (Å²) in [5.41, 5.74) is 0. The number of allylic oxidation sites excluding steroid dienone is 2. The van der Waals surface area contributed by atoms with Crippen molar-refractivity contribution in [1.82, 2.24) is 6.15 Å². The Morgan fingerprint density at radius 2 is 1.09 bits per heavy atom. The van der Waals surface area contributed by atoms with Crippen LogP contribution in [0.25, 0.3) is 0 Å². The molecular weight excluding hydrogens is 134 g/mol. The maximum Gasteiger partial charge on any atom is -0.0353 e. The highest BCUT2D eigenvalue weighted by atomic mass is 14.0. The van der Waals surface area contributed by atoms with Crippen molar-refractivity contribution in [3.63, 3.8) is 0 Å². The van der Waals surface area contributed by atoms with E-state index >= 15 is 0 Å². The molecule has 1 nitrogen and oxygen atoms in total. The summed E-state index contributed by atoms with van der Waals surface area (Å²) in [6, 6.07) is 0. The van der Waals surface area contributed by atoms with Crippen LogP contribution in [0.2, 0.25) is 0 Å². The summed E-state index contributed by atoms with van der Waals surface area (Å²) in [5.74, 6) is 0. The van der Waals surface area contributed by atoms with Crippen LogP contribution in [0.1, 0.15) is 38.5 Å². The third-order valence-electron chi connectivity index (χ3n) is 1.57. The Balaban J connectivity index is 0. The van der Waals surface area contributed by atoms with Crippen LogP contribution in [-0.2, 0) is 0 Å². The van der Waals surface area contributed by atoms with E-state index in [1.807, 2.05) is 12.2 Å². The fraction of sp³-hybridized carbons (Fsp3) is 0.600. The summed E-state index contributed by atoms with van der Waals surface area (Å²) in [4.78, 5) is 0. The highest BCUT2D eigenvalue weighted by molar-refractivity contribution is 4.67. The Kier molecular flexibility index (Phi) is 14.4. The summed E-state index contributed by atoms with van der Waals surface area (Å²) in [6.07, 6.45) is 11.6. The zero-order valence-corrected chi connectivity index (χ0v) is 7.52. The fourth-order valence-corrected chi connectivity index (χ4v) is 0.931. The summed E-state index contributed by atoms with van der Waals surface area (Å²) in [6.45, 7) is 7.36. The van der Waals surface area contributed by atoms with E-state index < -0.39 is 0 Å². The second kappa shape index (κ2) is 12.1. The van der Waals surface area contributed by atoms with Crippen molar-refractivity contribution >= 4 is 0 Å². The van der Waals surface area contributed by atoms with Crippen LogP contribution in [0.3, 0.4) is 0 Å². The van der Waals surface area contributed by atoms with Crippen LogP contribution in [0.15, 0.2) is 25.3 Å². The molecule has 0 rings (SSSR count). The minimum Gasteiger partial charge on any atom is -0.344 e. The number of hydrogen-bond acceptors (Lipinski definition) is 1. The molecule has 0 amide bonds. The number of unbranched alkanes of at least 4 members (excludes halogenated alkanes) is 5. The van der Waals surface area contributed by atoms with Gasteiger partial charge in [0.25, 0.3) is 0 Å². The second-order valence-corrected chi connectivity index (χ2v) is 2.57. The summed E-state index contributed by atoms with van der Waals surface area (Å²) in [5, 5.41) is 0. The first kappa shape index (κ1) is 13.1. The Hall–Kier alpha value is -0.560. The van der Waals surface area contributed by atoms with Crippen molar-refractivity contribution in [2.75, 3.05) is 0 Å². The molecule has 0 aliphatic heterocycles. The molecule has 0 radical (unpaired) electrons. The quantitative estimate of drug-likeness (QED) is 0.439. The smallest absolute Gasteiger partial charge is 0.0353 e. The Bertz CT molecular complexity index is 74.9. The van der Waals surface area contributed by atoms with Gasteiger partial charge >= 0.3 is 0 Å². The molecule has 3 N–H and O–H groups in total.